The summed E-state index contributed by atoms with van der Waals surface area (Å²) in [6, 6.07) is 5.00. The van der Waals surface area contributed by atoms with Crippen LogP contribution < -0.4 is 0 Å². The summed E-state index contributed by atoms with van der Waals surface area (Å²) in [4.78, 5) is -0.527. The highest BCUT2D eigenvalue weighted by atomic mass is 33.2. The number of benzene rings is 1. The summed E-state index contributed by atoms with van der Waals surface area (Å²) < 4.78 is 63.8. The van der Waals surface area contributed by atoms with Crippen molar-refractivity contribution < 1.29 is 45.8 Å². The highest BCUT2D eigenvalue weighted by molar-refractivity contribution is 8.65. The third-order valence-electron chi connectivity index (χ3n) is 3.86. The predicted molar refractivity (Wildman–Crippen MR) is 86.9 cm³/mol. The molecule has 12 heteroatoms. The number of rotatable bonds is 6. The van der Waals surface area contributed by atoms with Gasteiger partial charge in [0.05, 0.1) is 11.5 Å². The molecule has 0 unspecified atom stereocenters. The van der Waals surface area contributed by atoms with E-state index in [9.17, 15) is 32.2 Å². The van der Waals surface area contributed by atoms with Gasteiger partial charge in [0.1, 0.15) is 24.4 Å². The van der Waals surface area contributed by atoms with Gasteiger partial charge in [-0.2, -0.15) is 8.42 Å². The van der Waals surface area contributed by atoms with Crippen LogP contribution in [0.15, 0.2) is 29.2 Å². The zero-order valence-corrected chi connectivity index (χ0v) is 15.6. The number of methoxy groups -OCH3 is 1. The second-order valence-corrected chi connectivity index (χ2v) is 10.6. The Balaban J connectivity index is 2.35. The molecule has 0 saturated carbocycles. The van der Waals surface area contributed by atoms with Crippen LogP contribution in [0.25, 0.3) is 0 Å². The van der Waals surface area contributed by atoms with Crippen LogP contribution in [-0.2, 0) is 31.7 Å². The van der Waals surface area contributed by atoms with Crippen molar-refractivity contribution in [2.75, 3.05) is 13.7 Å². The summed E-state index contributed by atoms with van der Waals surface area (Å²) in [6.07, 6.45) is -8.33. The van der Waals surface area contributed by atoms with Crippen molar-refractivity contribution in [3.8, 4) is 0 Å². The molecule has 0 aromatic heterocycles. The fourth-order valence-corrected chi connectivity index (χ4v) is 5.30. The van der Waals surface area contributed by atoms with E-state index in [4.69, 9.17) is 9.47 Å². The van der Waals surface area contributed by atoms with Crippen LogP contribution in [0.4, 0.5) is 0 Å². The smallest absolute Gasteiger partial charge is 0.380 e. The molecule has 10 nitrogen and oxygen atoms in total. The van der Waals surface area contributed by atoms with E-state index < -0.39 is 60.2 Å². The van der Waals surface area contributed by atoms with Crippen LogP contribution in [0.2, 0.25) is 0 Å². The molecular weight excluding hydrogens is 392 g/mol. The zero-order chi connectivity index (χ0) is 19.7. The predicted octanol–water partition coefficient (Wildman–Crippen LogP) is -1.52. The third kappa shape index (κ3) is 3.92. The minimum Gasteiger partial charge on any atom is -0.394 e. The molecule has 2 rings (SSSR count). The van der Waals surface area contributed by atoms with E-state index in [1.165, 1.54) is 12.1 Å². The third-order valence-corrected chi connectivity index (χ3v) is 8.13. The van der Waals surface area contributed by atoms with Gasteiger partial charge >= 0.3 is 18.0 Å². The Bertz CT molecular complexity index is 802. The van der Waals surface area contributed by atoms with Crippen molar-refractivity contribution in [1.29, 1.82) is 0 Å². The van der Waals surface area contributed by atoms with Gasteiger partial charge in [0, 0.05) is 7.11 Å². The van der Waals surface area contributed by atoms with Crippen molar-refractivity contribution in [2.45, 2.75) is 42.5 Å². The zero-order valence-electron chi connectivity index (χ0n) is 13.9. The molecule has 148 valence electrons. The molecule has 0 amide bonds. The van der Waals surface area contributed by atoms with Gasteiger partial charge in [0.25, 0.3) is 0 Å². The van der Waals surface area contributed by atoms with E-state index in [1.54, 1.807) is 6.92 Å². The molecule has 3 N–H and O–H groups in total. The molecular formula is C14H20O10S2. The Morgan fingerprint density at radius 1 is 1.08 bits per heavy atom. The van der Waals surface area contributed by atoms with Crippen LogP contribution in [0.5, 0.6) is 0 Å². The molecule has 0 spiro atoms. The second kappa shape index (κ2) is 7.86. The summed E-state index contributed by atoms with van der Waals surface area (Å²) in [6.45, 7) is 0.953. The number of aliphatic hydroxyl groups is 3. The number of hydrogen-bond acceptors (Lipinski definition) is 10. The van der Waals surface area contributed by atoms with Gasteiger partial charge < -0.3 is 24.8 Å². The van der Waals surface area contributed by atoms with Crippen LogP contribution in [-0.4, -0.2) is 76.6 Å². The first kappa shape index (κ1) is 21.2. The molecule has 1 aliphatic rings. The lowest BCUT2D eigenvalue weighted by Crippen LogP contribution is -2.60. The largest absolute Gasteiger partial charge is 0.394 e. The minimum atomic E-state index is -5.29. The van der Waals surface area contributed by atoms with Gasteiger partial charge in [-0.25, -0.2) is 12.6 Å². The summed E-state index contributed by atoms with van der Waals surface area (Å²) in [5.41, 5.74) is 0.714. The topological polar surface area (TPSA) is 157 Å². The molecule has 1 aromatic rings. The van der Waals surface area contributed by atoms with Crippen molar-refractivity contribution in [2.24, 2.45) is 0 Å². The van der Waals surface area contributed by atoms with Crippen molar-refractivity contribution in [3.63, 3.8) is 0 Å². The minimum absolute atomic E-state index is 0.527. The van der Waals surface area contributed by atoms with E-state index in [1.807, 2.05) is 0 Å². The van der Waals surface area contributed by atoms with Gasteiger partial charge in [0.15, 0.2) is 6.29 Å². The summed E-state index contributed by atoms with van der Waals surface area (Å²) in [7, 11) is -9.13. The quantitative estimate of drug-likeness (QED) is 0.469. The SMILES string of the molecule is CO[C@@H]1O[C@H](CO)[C@@H](O)[C@H](OS(=O)(=O)S(=O)(=O)c2ccc(C)cc2)[C@H]1O. The Labute approximate surface area is 150 Å². The Kier molecular flexibility index (Phi) is 6.40. The van der Waals surface area contributed by atoms with Gasteiger partial charge in [0.2, 0.25) is 0 Å². The van der Waals surface area contributed by atoms with Gasteiger partial charge in [-0.1, -0.05) is 17.7 Å². The second-order valence-electron chi connectivity index (χ2n) is 5.68. The Hall–Kier alpha value is -1.12. The standard InChI is InChI=1S/C14H20O10S2/c1-8-3-5-9(6-4-8)25(18,19)26(20,21)24-13-11(16)10(7-15)23-14(22-2)12(13)17/h3-6,10-17H,7H2,1-2H3/t10-,11-,12-,13+,14-/m1/s1. The van der Waals surface area contributed by atoms with Gasteiger partial charge in [-0.15, -0.1) is 0 Å². The van der Waals surface area contributed by atoms with E-state index >= 15 is 0 Å². The van der Waals surface area contributed by atoms with Crippen LogP contribution >= 0.6 is 0 Å². The maximum atomic E-state index is 12.4. The highest BCUT2D eigenvalue weighted by Crippen LogP contribution is 2.28. The van der Waals surface area contributed by atoms with Gasteiger partial charge in [-0.05, 0) is 19.1 Å². The maximum Gasteiger partial charge on any atom is 0.380 e. The van der Waals surface area contributed by atoms with E-state index in [0.717, 1.165) is 19.2 Å². The summed E-state index contributed by atoms with van der Waals surface area (Å²) in [5.74, 6) is 0. The van der Waals surface area contributed by atoms with Crippen LogP contribution in [0, 0.1) is 6.92 Å². The average molecular weight is 412 g/mol. The molecule has 26 heavy (non-hydrogen) atoms. The average Bonchev–Trinajstić information content (AvgIpc) is 2.59. The monoisotopic (exact) mass is 412 g/mol. The van der Waals surface area contributed by atoms with Gasteiger partial charge in [-0.3, -0.25) is 0 Å². The van der Waals surface area contributed by atoms with E-state index in [2.05, 4.69) is 4.18 Å². The molecule has 1 aliphatic heterocycles. The Morgan fingerprint density at radius 2 is 1.65 bits per heavy atom. The molecule has 0 bridgehead atoms. The van der Waals surface area contributed by atoms with Crippen LogP contribution in [0.1, 0.15) is 5.56 Å². The van der Waals surface area contributed by atoms with Crippen LogP contribution in [0.3, 0.4) is 0 Å². The lowest BCUT2D eigenvalue weighted by molar-refractivity contribution is -0.289. The van der Waals surface area contributed by atoms with Crippen molar-refractivity contribution >= 4 is 18.0 Å². The summed E-state index contributed by atoms with van der Waals surface area (Å²) >= 11 is 0. The maximum absolute atomic E-state index is 12.4. The molecule has 0 aliphatic carbocycles. The molecule has 1 fully saturated rings. The van der Waals surface area contributed by atoms with Crippen molar-refractivity contribution in [3.05, 3.63) is 29.8 Å². The number of hydrogen-bond donors (Lipinski definition) is 3. The highest BCUT2D eigenvalue weighted by Gasteiger charge is 2.49. The number of ether oxygens (including phenoxy) is 2. The molecule has 1 saturated heterocycles. The van der Waals surface area contributed by atoms with E-state index in [0.29, 0.717) is 5.56 Å². The first-order chi connectivity index (χ1) is 12.0. The number of aryl methyl sites for hydroxylation is 1. The normalized spacial score (nSPS) is 30.3. The first-order valence-corrected chi connectivity index (χ1v) is 10.9. The Morgan fingerprint density at radius 3 is 2.15 bits per heavy atom. The molecule has 1 aromatic carbocycles. The van der Waals surface area contributed by atoms with Crippen molar-refractivity contribution in [1.82, 2.24) is 0 Å². The number of aliphatic hydroxyl groups excluding tert-OH is 3. The molecule has 0 radical (unpaired) electrons. The molecule has 1 heterocycles. The lowest BCUT2D eigenvalue weighted by Gasteiger charge is -2.40. The fraction of sp³-hybridized carbons (Fsp3) is 0.571. The lowest BCUT2D eigenvalue weighted by atomic mass is 9.99. The van der Waals surface area contributed by atoms with E-state index in [-0.39, 0.29) is 0 Å². The molecule has 5 atom stereocenters. The fourth-order valence-electron chi connectivity index (χ4n) is 2.37. The summed E-state index contributed by atoms with van der Waals surface area (Å²) in [5, 5.41) is 29.3. The first-order valence-electron chi connectivity index (χ1n) is 7.45.